The average Bonchev–Trinajstić information content (AvgIpc) is 3.19. The molecule has 1 unspecified atom stereocenters. The number of hydrogen-bond donors (Lipinski definition) is 2. The van der Waals surface area contributed by atoms with E-state index < -0.39 is 19.3 Å². The molecule has 180 valence electrons. The molecule has 0 spiro atoms. The molecule has 1 aromatic carbocycles. The molecule has 1 atom stereocenters. The smallest absolute Gasteiger partial charge is 0.356 e. The van der Waals surface area contributed by atoms with Crippen LogP contribution in [0, 0.1) is 0 Å². The highest BCUT2D eigenvalue weighted by Crippen LogP contribution is 2.48. The SMILES string of the molecule is CCOP(=O)(COC(COCc1ccccc1)COn1cnc2c(=O)[nH]c(N)nc21)OCC. The van der Waals surface area contributed by atoms with E-state index in [0.717, 1.165) is 5.56 Å². The summed E-state index contributed by atoms with van der Waals surface area (Å²) in [7, 11) is -3.43. The van der Waals surface area contributed by atoms with Crippen molar-refractivity contribution in [3.63, 3.8) is 0 Å². The highest BCUT2D eigenvalue weighted by Gasteiger charge is 2.26. The molecule has 2 aromatic heterocycles. The summed E-state index contributed by atoms with van der Waals surface area (Å²) in [4.78, 5) is 28.1. The van der Waals surface area contributed by atoms with Gasteiger partial charge in [0.1, 0.15) is 25.4 Å². The number of aromatic amines is 1. The van der Waals surface area contributed by atoms with Crippen LogP contribution in [0.4, 0.5) is 5.95 Å². The lowest BCUT2D eigenvalue weighted by Gasteiger charge is -2.22. The first-order valence-electron chi connectivity index (χ1n) is 10.4. The molecule has 0 aliphatic carbocycles. The van der Waals surface area contributed by atoms with Crippen molar-refractivity contribution >= 4 is 24.7 Å². The molecule has 0 aliphatic rings. The number of aromatic nitrogens is 4. The van der Waals surface area contributed by atoms with Gasteiger partial charge in [0.15, 0.2) is 5.52 Å². The number of ether oxygens (including phenoxy) is 2. The minimum atomic E-state index is -3.43. The maximum atomic E-state index is 12.8. The number of H-pyrrole nitrogens is 1. The first-order chi connectivity index (χ1) is 15.9. The summed E-state index contributed by atoms with van der Waals surface area (Å²) in [5.41, 5.74) is 6.37. The van der Waals surface area contributed by atoms with Crippen LogP contribution in [0.2, 0.25) is 0 Å². The molecule has 0 amide bonds. The standard InChI is InChI=1S/C20H28N5O7P/c1-3-31-33(27,32-4-2)14-29-16(11-28-10-15-8-6-5-7-9-15)12-30-25-13-22-17-18(25)23-20(21)24-19(17)26/h5-9,13,16H,3-4,10-12,14H2,1-2H3,(H3,21,23,24,26). The van der Waals surface area contributed by atoms with Crippen molar-refractivity contribution in [3.05, 3.63) is 52.6 Å². The second-order valence-corrected chi connectivity index (χ2v) is 8.85. The minimum absolute atomic E-state index is 0.0209. The van der Waals surface area contributed by atoms with E-state index in [2.05, 4.69) is 15.0 Å². The number of imidazole rings is 1. The van der Waals surface area contributed by atoms with E-state index in [1.54, 1.807) is 13.8 Å². The van der Waals surface area contributed by atoms with Crippen LogP contribution in [-0.2, 0) is 29.7 Å². The van der Waals surface area contributed by atoms with Crippen molar-refractivity contribution < 1.29 is 27.9 Å². The number of nitrogens with two attached hydrogens (primary N) is 1. The molecule has 13 heteroatoms. The van der Waals surface area contributed by atoms with Crippen LogP contribution in [0.3, 0.4) is 0 Å². The average molecular weight is 481 g/mol. The van der Waals surface area contributed by atoms with Crippen molar-refractivity contribution in [1.82, 2.24) is 19.7 Å². The zero-order chi connectivity index (χ0) is 23.7. The third-order valence-electron chi connectivity index (χ3n) is 4.33. The van der Waals surface area contributed by atoms with E-state index in [1.165, 1.54) is 11.1 Å². The lowest BCUT2D eigenvalue weighted by molar-refractivity contribution is -0.0561. The fraction of sp³-hybridized carbons (Fsp3) is 0.450. The second kappa shape index (κ2) is 11.9. The highest BCUT2D eigenvalue weighted by atomic mass is 31.2. The molecule has 12 nitrogen and oxygen atoms in total. The Morgan fingerprint density at radius 2 is 1.88 bits per heavy atom. The minimum Gasteiger partial charge on any atom is -0.408 e. The van der Waals surface area contributed by atoms with E-state index in [-0.39, 0.29) is 49.9 Å². The van der Waals surface area contributed by atoms with Gasteiger partial charge in [-0.15, -0.1) is 0 Å². The summed E-state index contributed by atoms with van der Waals surface area (Å²) in [5.74, 6) is -0.0637. The van der Waals surface area contributed by atoms with Crippen molar-refractivity contribution in [2.75, 3.05) is 38.5 Å². The number of anilines is 1. The molecule has 0 fully saturated rings. The van der Waals surface area contributed by atoms with Crippen LogP contribution < -0.4 is 16.1 Å². The first-order valence-corrected chi connectivity index (χ1v) is 12.1. The van der Waals surface area contributed by atoms with Crippen LogP contribution in [0.25, 0.3) is 11.2 Å². The molecule has 3 N–H and O–H groups in total. The van der Waals surface area contributed by atoms with Crippen molar-refractivity contribution in [2.24, 2.45) is 0 Å². The van der Waals surface area contributed by atoms with Gasteiger partial charge in [-0.3, -0.25) is 14.3 Å². The zero-order valence-corrected chi connectivity index (χ0v) is 19.4. The lowest BCUT2D eigenvalue weighted by atomic mass is 10.2. The van der Waals surface area contributed by atoms with Gasteiger partial charge in [-0.1, -0.05) is 30.3 Å². The molecule has 0 saturated carbocycles. The molecule has 3 aromatic rings. The number of fused-ring (bicyclic) bond motifs is 1. The summed E-state index contributed by atoms with van der Waals surface area (Å²) in [6.45, 7) is 4.35. The van der Waals surface area contributed by atoms with Crippen LogP contribution in [0.1, 0.15) is 19.4 Å². The summed E-state index contributed by atoms with van der Waals surface area (Å²) < 4.78 is 36.1. The third-order valence-corrected chi connectivity index (χ3v) is 6.10. The fourth-order valence-corrected chi connectivity index (χ4v) is 4.30. The zero-order valence-electron chi connectivity index (χ0n) is 18.5. The van der Waals surface area contributed by atoms with Gasteiger partial charge < -0.3 is 29.1 Å². The van der Waals surface area contributed by atoms with E-state index in [1.807, 2.05) is 30.3 Å². The van der Waals surface area contributed by atoms with Crippen molar-refractivity contribution in [2.45, 2.75) is 26.6 Å². The number of rotatable bonds is 14. The summed E-state index contributed by atoms with van der Waals surface area (Å²) in [6.07, 6.45) is 0.395. The van der Waals surface area contributed by atoms with E-state index in [4.69, 9.17) is 29.1 Å². The normalized spacial score (nSPS) is 12.8. The van der Waals surface area contributed by atoms with Gasteiger partial charge in [-0.25, -0.2) is 4.98 Å². The van der Waals surface area contributed by atoms with Crippen LogP contribution in [0.15, 0.2) is 41.5 Å². The maximum absolute atomic E-state index is 12.8. The predicted octanol–water partition coefficient (Wildman–Crippen LogP) is 1.96. The van der Waals surface area contributed by atoms with Gasteiger partial charge >= 0.3 is 7.60 Å². The van der Waals surface area contributed by atoms with Crippen LogP contribution in [0.5, 0.6) is 0 Å². The van der Waals surface area contributed by atoms with Gasteiger partial charge in [-0.05, 0) is 19.4 Å². The Kier molecular flexibility index (Phi) is 8.98. The number of nitrogen functional groups attached to an aromatic ring is 1. The van der Waals surface area contributed by atoms with Crippen molar-refractivity contribution in [3.8, 4) is 0 Å². The number of hydrogen-bond acceptors (Lipinski definition) is 10. The van der Waals surface area contributed by atoms with Crippen LogP contribution >= 0.6 is 7.60 Å². The maximum Gasteiger partial charge on any atom is 0.356 e. The Hall–Kier alpha value is -2.76. The summed E-state index contributed by atoms with van der Waals surface area (Å²) in [6, 6.07) is 9.64. The molecular weight excluding hydrogens is 453 g/mol. The topological polar surface area (TPSA) is 153 Å². The van der Waals surface area contributed by atoms with Gasteiger partial charge in [0.05, 0.1) is 26.4 Å². The van der Waals surface area contributed by atoms with Gasteiger partial charge in [0, 0.05) is 0 Å². The molecular formula is C20H28N5O7P. The molecule has 33 heavy (non-hydrogen) atoms. The van der Waals surface area contributed by atoms with Crippen molar-refractivity contribution in [1.29, 1.82) is 0 Å². The third kappa shape index (κ3) is 7.11. The van der Waals surface area contributed by atoms with Gasteiger partial charge in [0.25, 0.3) is 5.56 Å². The quantitative estimate of drug-likeness (QED) is 0.327. The molecule has 0 bridgehead atoms. The predicted molar refractivity (Wildman–Crippen MR) is 121 cm³/mol. The summed E-state index contributed by atoms with van der Waals surface area (Å²) >= 11 is 0. The number of nitrogens with zero attached hydrogens (tertiary/aromatic N) is 3. The number of nitrogens with one attached hydrogen (secondary N) is 1. The summed E-state index contributed by atoms with van der Waals surface area (Å²) in [5, 5.41) is 0. The largest absolute Gasteiger partial charge is 0.408 e. The van der Waals surface area contributed by atoms with Gasteiger partial charge in [-0.2, -0.15) is 9.71 Å². The van der Waals surface area contributed by atoms with Crippen LogP contribution in [-0.4, -0.2) is 58.6 Å². The molecule has 2 heterocycles. The lowest BCUT2D eigenvalue weighted by Crippen LogP contribution is -2.31. The monoisotopic (exact) mass is 481 g/mol. The molecule has 3 rings (SSSR count). The second-order valence-electron chi connectivity index (χ2n) is 6.85. The molecule has 0 saturated heterocycles. The fourth-order valence-electron chi connectivity index (χ4n) is 2.89. The Bertz CT molecular complexity index is 1110. The molecule has 0 radical (unpaired) electrons. The Balaban J connectivity index is 1.67. The Morgan fingerprint density at radius 1 is 1.15 bits per heavy atom. The highest BCUT2D eigenvalue weighted by molar-refractivity contribution is 7.53. The van der Waals surface area contributed by atoms with E-state index in [9.17, 15) is 9.36 Å². The first kappa shape index (κ1) is 24.9. The van der Waals surface area contributed by atoms with E-state index in [0.29, 0.717) is 6.61 Å². The Morgan fingerprint density at radius 3 is 2.58 bits per heavy atom. The molecule has 0 aliphatic heterocycles. The van der Waals surface area contributed by atoms with Gasteiger partial charge in [0.2, 0.25) is 11.6 Å². The van der Waals surface area contributed by atoms with E-state index >= 15 is 0 Å². The number of benzene rings is 1. The Labute approximate surface area is 190 Å².